The molecule has 7 heteroatoms. The van der Waals surface area contributed by atoms with Crippen LogP contribution in [-0.4, -0.2) is 40.5 Å². The maximum Gasteiger partial charge on any atom is 0.319 e. The van der Waals surface area contributed by atoms with Crippen LogP contribution in [0.15, 0.2) is 53.5 Å². The van der Waals surface area contributed by atoms with Gasteiger partial charge >= 0.3 is 6.03 Å². The molecule has 0 aliphatic carbocycles. The smallest absolute Gasteiger partial charge is 0.319 e. The molecule has 1 aliphatic rings. The van der Waals surface area contributed by atoms with Crippen LogP contribution < -0.4 is 16.2 Å². The molecular formula is C21H26N4O3. The Hall–Kier alpha value is -3.09. The van der Waals surface area contributed by atoms with Gasteiger partial charge in [-0.25, -0.2) is 4.79 Å². The van der Waals surface area contributed by atoms with E-state index in [0.29, 0.717) is 12.2 Å². The lowest BCUT2D eigenvalue weighted by Gasteiger charge is -2.29. The first kappa shape index (κ1) is 19.7. The first-order valence-corrected chi connectivity index (χ1v) is 9.63. The lowest BCUT2D eigenvalue weighted by Crippen LogP contribution is -2.49. The van der Waals surface area contributed by atoms with Gasteiger partial charge in [-0.3, -0.25) is 9.59 Å². The molecular weight excluding hydrogens is 356 g/mol. The Labute approximate surface area is 164 Å². The van der Waals surface area contributed by atoms with Gasteiger partial charge in [-0.15, -0.1) is 0 Å². The lowest BCUT2D eigenvalue weighted by atomic mass is 10.1. The highest BCUT2D eigenvalue weighted by atomic mass is 16.2. The zero-order valence-electron chi connectivity index (χ0n) is 16.1. The Bertz CT molecular complexity index is 870. The predicted octanol–water partition coefficient (Wildman–Crippen LogP) is 2.42. The molecule has 1 aromatic carbocycles. The topological polar surface area (TPSA) is 83.4 Å². The van der Waals surface area contributed by atoms with Crippen molar-refractivity contribution in [1.29, 1.82) is 0 Å². The molecule has 1 atom stereocenters. The van der Waals surface area contributed by atoms with Crippen LogP contribution in [0.2, 0.25) is 0 Å². The molecule has 28 heavy (non-hydrogen) atoms. The van der Waals surface area contributed by atoms with E-state index in [0.717, 1.165) is 37.9 Å². The van der Waals surface area contributed by atoms with Gasteiger partial charge in [-0.05, 0) is 49.9 Å². The fourth-order valence-corrected chi connectivity index (χ4v) is 3.30. The molecule has 1 saturated heterocycles. The molecule has 0 saturated carbocycles. The van der Waals surface area contributed by atoms with Gasteiger partial charge in [0.2, 0.25) is 5.91 Å². The number of hydrogen-bond donors (Lipinski definition) is 2. The molecule has 2 N–H and O–H groups in total. The molecule has 0 spiro atoms. The fourth-order valence-electron chi connectivity index (χ4n) is 3.30. The van der Waals surface area contributed by atoms with E-state index in [-0.39, 0.29) is 11.5 Å². The summed E-state index contributed by atoms with van der Waals surface area (Å²) in [6.07, 6.45) is 4.93. The van der Waals surface area contributed by atoms with E-state index >= 15 is 0 Å². The molecule has 1 fully saturated rings. The molecule has 0 radical (unpaired) electrons. The minimum absolute atomic E-state index is 0.0431. The van der Waals surface area contributed by atoms with Crippen LogP contribution in [0.3, 0.4) is 0 Å². The maximum absolute atomic E-state index is 12.4. The minimum Gasteiger partial charge on any atom is -0.341 e. The Balaban J connectivity index is 1.52. The number of nitrogens with zero attached hydrogens (tertiary/aromatic N) is 2. The van der Waals surface area contributed by atoms with Gasteiger partial charge in [0, 0.05) is 31.0 Å². The lowest BCUT2D eigenvalue weighted by molar-refractivity contribution is -0.133. The van der Waals surface area contributed by atoms with E-state index in [2.05, 4.69) is 10.6 Å². The number of urea groups is 1. The molecule has 0 unspecified atom stereocenters. The molecule has 2 heterocycles. The highest BCUT2D eigenvalue weighted by molar-refractivity contribution is 5.93. The summed E-state index contributed by atoms with van der Waals surface area (Å²) in [5, 5.41) is 5.44. The number of likely N-dealkylation sites (tertiary alicyclic amines) is 1. The van der Waals surface area contributed by atoms with E-state index in [1.54, 1.807) is 35.9 Å². The summed E-state index contributed by atoms with van der Waals surface area (Å²) in [6.45, 7) is 3.70. The second-order valence-corrected chi connectivity index (χ2v) is 7.07. The van der Waals surface area contributed by atoms with Gasteiger partial charge in [0.05, 0.1) is 6.54 Å². The number of benzene rings is 1. The van der Waals surface area contributed by atoms with Crippen LogP contribution in [0.5, 0.6) is 0 Å². The third-order valence-corrected chi connectivity index (χ3v) is 4.85. The van der Waals surface area contributed by atoms with Crippen molar-refractivity contribution in [1.82, 2.24) is 14.8 Å². The maximum atomic E-state index is 12.4. The molecule has 7 nitrogen and oxygen atoms in total. The zero-order valence-corrected chi connectivity index (χ0v) is 16.1. The number of nitrogens with one attached hydrogen (secondary N) is 2. The van der Waals surface area contributed by atoms with Crippen molar-refractivity contribution in [3.63, 3.8) is 0 Å². The highest BCUT2D eigenvalue weighted by Crippen LogP contribution is 2.12. The summed E-state index contributed by atoms with van der Waals surface area (Å²) >= 11 is 0. The van der Waals surface area contributed by atoms with Crippen molar-refractivity contribution in [3.8, 4) is 0 Å². The van der Waals surface area contributed by atoms with Gasteiger partial charge in [0.15, 0.2) is 0 Å². The number of aromatic nitrogens is 1. The normalized spacial score (nSPS) is 15.0. The van der Waals surface area contributed by atoms with E-state index < -0.39 is 12.1 Å². The average Bonchev–Trinajstić information content (AvgIpc) is 2.71. The largest absolute Gasteiger partial charge is 0.341 e. The summed E-state index contributed by atoms with van der Waals surface area (Å²) in [4.78, 5) is 38.2. The van der Waals surface area contributed by atoms with Crippen LogP contribution in [0, 0.1) is 0 Å². The molecule has 3 rings (SSSR count). The Kier molecular flexibility index (Phi) is 6.47. The van der Waals surface area contributed by atoms with Crippen molar-refractivity contribution in [2.24, 2.45) is 0 Å². The van der Waals surface area contributed by atoms with Gasteiger partial charge in [-0.2, -0.15) is 0 Å². The average molecular weight is 382 g/mol. The number of anilines is 1. The first-order chi connectivity index (χ1) is 13.5. The van der Waals surface area contributed by atoms with Crippen molar-refractivity contribution < 1.29 is 9.59 Å². The SMILES string of the molecule is C[C@H](NC(=O)Nc1ccc(Cn2ccccc2=O)cc1)C(=O)N1CCCCC1. The fraction of sp³-hybridized carbons (Fsp3) is 0.381. The summed E-state index contributed by atoms with van der Waals surface area (Å²) in [6, 6.07) is 11.3. The summed E-state index contributed by atoms with van der Waals surface area (Å²) in [5.41, 5.74) is 1.52. The van der Waals surface area contributed by atoms with Crippen LogP contribution >= 0.6 is 0 Å². The molecule has 2 aromatic rings. The highest BCUT2D eigenvalue weighted by Gasteiger charge is 2.23. The summed E-state index contributed by atoms with van der Waals surface area (Å²) in [5.74, 6) is -0.0431. The molecule has 1 aliphatic heterocycles. The second kappa shape index (κ2) is 9.21. The number of rotatable bonds is 5. The second-order valence-electron chi connectivity index (χ2n) is 7.07. The molecule has 1 aromatic heterocycles. The van der Waals surface area contributed by atoms with E-state index in [9.17, 15) is 14.4 Å². The predicted molar refractivity (Wildman–Crippen MR) is 108 cm³/mol. The monoisotopic (exact) mass is 382 g/mol. The van der Waals surface area contributed by atoms with Crippen molar-refractivity contribution in [2.45, 2.75) is 38.8 Å². The van der Waals surface area contributed by atoms with Crippen LogP contribution in [0.25, 0.3) is 0 Å². The van der Waals surface area contributed by atoms with E-state index in [4.69, 9.17) is 0 Å². The van der Waals surface area contributed by atoms with Crippen LogP contribution in [0.4, 0.5) is 10.5 Å². The van der Waals surface area contributed by atoms with Crippen LogP contribution in [-0.2, 0) is 11.3 Å². The van der Waals surface area contributed by atoms with E-state index in [1.807, 2.05) is 23.1 Å². The number of carbonyl (C=O) groups is 2. The summed E-state index contributed by atoms with van der Waals surface area (Å²) < 4.78 is 1.61. The minimum atomic E-state index is -0.567. The number of piperidine rings is 1. The number of carbonyl (C=O) groups excluding carboxylic acids is 2. The van der Waals surface area contributed by atoms with Crippen LogP contribution in [0.1, 0.15) is 31.7 Å². The number of amides is 3. The summed E-state index contributed by atoms with van der Waals surface area (Å²) in [7, 11) is 0. The van der Waals surface area contributed by atoms with E-state index in [1.165, 1.54) is 6.07 Å². The Morgan fingerprint density at radius 2 is 1.75 bits per heavy atom. The third kappa shape index (κ3) is 5.22. The molecule has 148 valence electrons. The Morgan fingerprint density at radius 1 is 1.04 bits per heavy atom. The van der Waals surface area contributed by atoms with Gasteiger partial charge in [0.1, 0.15) is 6.04 Å². The molecule has 0 bridgehead atoms. The van der Waals surface area contributed by atoms with Gasteiger partial charge < -0.3 is 20.1 Å². The molecule has 3 amide bonds. The zero-order chi connectivity index (χ0) is 19.9. The van der Waals surface area contributed by atoms with Crippen molar-refractivity contribution >= 4 is 17.6 Å². The Morgan fingerprint density at radius 3 is 2.43 bits per heavy atom. The van der Waals surface area contributed by atoms with Crippen molar-refractivity contribution in [3.05, 3.63) is 64.6 Å². The first-order valence-electron chi connectivity index (χ1n) is 9.63. The van der Waals surface area contributed by atoms with Gasteiger partial charge in [0.25, 0.3) is 5.56 Å². The third-order valence-electron chi connectivity index (χ3n) is 4.85. The van der Waals surface area contributed by atoms with Gasteiger partial charge in [-0.1, -0.05) is 18.2 Å². The number of hydrogen-bond acceptors (Lipinski definition) is 3. The standard InChI is InChI=1S/C21H26N4O3/c1-16(20(27)24-12-4-2-5-13-24)22-21(28)23-18-10-8-17(9-11-18)15-25-14-6-3-7-19(25)26/h3,6-11,14,16H,2,4-5,12-13,15H2,1H3,(H2,22,23,28)/t16-/m0/s1. The van der Waals surface area contributed by atoms with Crippen molar-refractivity contribution in [2.75, 3.05) is 18.4 Å². The number of pyridine rings is 1. The quantitative estimate of drug-likeness (QED) is 0.833.